The molecule has 182 valence electrons. The molecule has 0 saturated carbocycles. The van der Waals surface area contributed by atoms with Gasteiger partial charge in [-0.25, -0.2) is 14.4 Å². The lowest BCUT2D eigenvalue weighted by Crippen LogP contribution is -2.39. The van der Waals surface area contributed by atoms with Crippen LogP contribution in [0.1, 0.15) is 40.8 Å². The predicted octanol–water partition coefficient (Wildman–Crippen LogP) is 4.90. The lowest BCUT2D eigenvalue weighted by Gasteiger charge is -2.33. The summed E-state index contributed by atoms with van der Waals surface area (Å²) in [6, 6.07) is 18.5. The summed E-state index contributed by atoms with van der Waals surface area (Å²) >= 11 is 0. The van der Waals surface area contributed by atoms with Crippen molar-refractivity contribution in [2.75, 3.05) is 20.2 Å². The molecule has 0 bridgehead atoms. The maximum absolute atomic E-state index is 14.0. The molecule has 1 fully saturated rings. The van der Waals surface area contributed by atoms with E-state index in [0.717, 1.165) is 41.1 Å². The van der Waals surface area contributed by atoms with Crippen LogP contribution in [0.15, 0.2) is 73.1 Å². The van der Waals surface area contributed by atoms with Gasteiger partial charge in [-0.05, 0) is 43.2 Å². The largest absolute Gasteiger partial charge is 0.496 e. The summed E-state index contributed by atoms with van der Waals surface area (Å²) in [5, 5.41) is 0. The van der Waals surface area contributed by atoms with Gasteiger partial charge in [0.1, 0.15) is 28.7 Å². The van der Waals surface area contributed by atoms with Crippen LogP contribution in [0.3, 0.4) is 0 Å². The number of rotatable bonds is 5. The van der Waals surface area contributed by atoms with Crippen LogP contribution in [0.4, 0.5) is 4.39 Å². The van der Waals surface area contributed by atoms with Crippen LogP contribution in [0.2, 0.25) is 0 Å². The van der Waals surface area contributed by atoms with E-state index in [1.165, 1.54) is 12.1 Å². The Morgan fingerprint density at radius 2 is 1.86 bits per heavy atom. The number of aromatic nitrogens is 4. The average Bonchev–Trinajstić information content (AvgIpc) is 3.49. The highest BCUT2D eigenvalue weighted by atomic mass is 19.1. The summed E-state index contributed by atoms with van der Waals surface area (Å²) in [5.74, 6) is 1.31. The van der Waals surface area contributed by atoms with Crippen molar-refractivity contribution in [2.45, 2.75) is 25.3 Å². The van der Waals surface area contributed by atoms with Crippen LogP contribution in [-0.4, -0.2) is 49.9 Å². The first-order valence-corrected chi connectivity index (χ1v) is 12.1. The van der Waals surface area contributed by atoms with Crippen molar-refractivity contribution in [3.05, 3.63) is 96.0 Å². The van der Waals surface area contributed by atoms with Gasteiger partial charge in [-0.1, -0.05) is 24.3 Å². The van der Waals surface area contributed by atoms with E-state index in [0.29, 0.717) is 30.7 Å². The third kappa shape index (κ3) is 3.98. The molecule has 2 aromatic carbocycles. The van der Waals surface area contributed by atoms with Gasteiger partial charge >= 0.3 is 0 Å². The molecule has 0 N–H and O–H groups in total. The molecule has 1 amide bonds. The standard InChI is InChI=1S/C28H26FN5O2/c1-36-25-7-3-2-6-19(25)16-27-30-22-17-20(29)9-10-24(22)34(27)21-11-14-32(15-12-21)28(35)23-18-33-13-5-4-8-26(33)31-23/h2-10,13,17-18,21H,11-12,14-16H2,1H3. The number of piperidine rings is 1. The smallest absolute Gasteiger partial charge is 0.274 e. The summed E-state index contributed by atoms with van der Waals surface area (Å²) in [6.07, 6.45) is 5.80. The van der Waals surface area contributed by atoms with Gasteiger partial charge in [0, 0.05) is 49.6 Å². The van der Waals surface area contributed by atoms with E-state index in [1.807, 2.05) is 58.0 Å². The third-order valence-corrected chi connectivity index (χ3v) is 6.97. The second kappa shape index (κ2) is 9.11. The maximum atomic E-state index is 14.0. The topological polar surface area (TPSA) is 64.7 Å². The van der Waals surface area contributed by atoms with Gasteiger partial charge in [-0.2, -0.15) is 0 Å². The number of para-hydroxylation sites is 1. The van der Waals surface area contributed by atoms with E-state index in [2.05, 4.69) is 9.55 Å². The normalized spacial score (nSPS) is 14.6. The van der Waals surface area contributed by atoms with Crippen LogP contribution < -0.4 is 4.74 Å². The minimum Gasteiger partial charge on any atom is -0.496 e. The predicted molar refractivity (Wildman–Crippen MR) is 135 cm³/mol. The quantitative estimate of drug-likeness (QED) is 0.357. The Labute approximate surface area is 207 Å². The van der Waals surface area contributed by atoms with E-state index < -0.39 is 0 Å². The number of likely N-dealkylation sites (tertiary alicyclic amines) is 1. The van der Waals surface area contributed by atoms with Gasteiger partial charge < -0.3 is 18.6 Å². The monoisotopic (exact) mass is 483 g/mol. The van der Waals surface area contributed by atoms with Crippen molar-refractivity contribution in [3.63, 3.8) is 0 Å². The molecule has 36 heavy (non-hydrogen) atoms. The number of pyridine rings is 1. The van der Waals surface area contributed by atoms with Crippen molar-refractivity contribution in [1.29, 1.82) is 0 Å². The second-order valence-corrected chi connectivity index (χ2v) is 9.14. The van der Waals surface area contributed by atoms with E-state index in [1.54, 1.807) is 19.4 Å². The lowest BCUT2D eigenvalue weighted by atomic mass is 10.0. The molecular formula is C28H26FN5O2. The first-order valence-electron chi connectivity index (χ1n) is 12.1. The van der Waals surface area contributed by atoms with Gasteiger partial charge in [0.25, 0.3) is 5.91 Å². The molecule has 8 heteroatoms. The summed E-state index contributed by atoms with van der Waals surface area (Å²) in [7, 11) is 1.66. The molecule has 0 radical (unpaired) electrons. The number of hydrogen-bond donors (Lipinski definition) is 0. The van der Waals surface area contributed by atoms with Crippen LogP contribution in [0.25, 0.3) is 16.7 Å². The van der Waals surface area contributed by atoms with Crippen molar-refractivity contribution in [1.82, 2.24) is 23.8 Å². The Morgan fingerprint density at radius 3 is 2.67 bits per heavy atom. The fourth-order valence-corrected chi connectivity index (χ4v) is 5.20. The lowest BCUT2D eigenvalue weighted by molar-refractivity contribution is 0.0690. The summed E-state index contributed by atoms with van der Waals surface area (Å²) in [6.45, 7) is 1.23. The first kappa shape index (κ1) is 22.3. The molecule has 1 saturated heterocycles. The number of nitrogens with zero attached hydrogens (tertiary/aromatic N) is 5. The number of hydrogen-bond acceptors (Lipinski definition) is 4. The van der Waals surface area contributed by atoms with Gasteiger partial charge in [0.15, 0.2) is 0 Å². The minimum absolute atomic E-state index is 0.0519. The Hall–Kier alpha value is -4.20. The molecule has 4 heterocycles. The SMILES string of the molecule is COc1ccccc1Cc1nc2cc(F)ccc2n1C1CCN(C(=O)c2cn3ccccc3n2)CC1. The molecule has 7 nitrogen and oxygen atoms in total. The first-order chi connectivity index (χ1) is 17.6. The van der Waals surface area contributed by atoms with Crippen molar-refractivity contribution < 1.29 is 13.9 Å². The molecule has 3 aromatic heterocycles. The van der Waals surface area contributed by atoms with E-state index in [9.17, 15) is 9.18 Å². The van der Waals surface area contributed by atoms with E-state index >= 15 is 0 Å². The van der Waals surface area contributed by atoms with Crippen molar-refractivity contribution >= 4 is 22.6 Å². The highest BCUT2D eigenvalue weighted by Crippen LogP contribution is 2.32. The summed E-state index contributed by atoms with van der Waals surface area (Å²) < 4.78 is 23.7. The number of carbonyl (C=O) groups excluding carboxylic acids is 1. The van der Waals surface area contributed by atoms with Crippen molar-refractivity contribution in [3.8, 4) is 5.75 Å². The van der Waals surface area contributed by atoms with E-state index in [4.69, 9.17) is 9.72 Å². The Morgan fingerprint density at radius 1 is 1.06 bits per heavy atom. The Balaban J connectivity index is 1.27. The Kier molecular flexibility index (Phi) is 5.64. The molecule has 0 atom stereocenters. The highest BCUT2D eigenvalue weighted by molar-refractivity contribution is 5.93. The number of carbonyl (C=O) groups is 1. The number of benzene rings is 2. The van der Waals surface area contributed by atoms with Gasteiger partial charge in [0.05, 0.1) is 18.1 Å². The molecule has 5 aromatic rings. The average molecular weight is 484 g/mol. The number of amides is 1. The zero-order chi connectivity index (χ0) is 24.6. The number of ether oxygens (including phenoxy) is 1. The molecular weight excluding hydrogens is 457 g/mol. The minimum atomic E-state index is -0.302. The van der Waals surface area contributed by atoms with Gasteiger partial charge in [0.2, 0.25) is 0 Å². The number of halogens is 1. The zero-order valence-corrected chi connectivity index (χ0v) is 20.0. The molecule has 1 aliphatic rings. The fraction of sp³-hybridized carbons (Fsp3) is 0.250. The van der Waals surface area contributed by atoms with Gasteiger partial charge in [-0.15, -0.1) is 0 Å². The fourth-order valence-electron chi connectivity index (χ4n) is 5.20. The van der Waals surface area contributed by atoms with Gasteiger partial charge in [-0.3, -0.25) is 4.79 Å². The summed E-state index contributed by atoms with van der Waals surface area (Å²) in [5.41, 5.74) is 3.79. The molecule has 0 spiro atoms. The number of fused-ring (bicyclic) bond motifs is 2. The summed E-state index contributed by atoms with van der Waals surface area (Å²) in [4.78, 5) is 24.4. The van der Waals surface area contributed by atoms with Crippen LogP contribution in [-0.2, 0) is 6.42 Å². The number of methoxy groups -OCH3 is 1. The number of imidazole rings is 2. The highest BCUT2D eigenvalue weighted by Gasteiger charge is 2.28. The maximum Gasteiger partial charge on any atom is 0.274 e. The van der Waals surface area contributed by atoms with Crippen LogP contribution in [0.5, 0.6) is 5.75 Å². The second-order valence-electron chi connectivity index (χ2n) is 9.14. The molecule has 0 unspecified atom stereocenters. The Bertz CT molecular complexity index is 1530. The van der Waals surface area contributed by atoms with Crippen LogP contribution >= 0.6 is 0 Å². The molecule has 1 aliphatic heterocycles. The van der Waals surface area contributed by atoms with E-state index in [-0.39, 0.29) is 17.8 Å². The van der Waals surface area contributed by atoms with Crippen molar-refractivity contribution in [2.24, 2.45) is 0 Å². The van der Waals surface area contributed by atoms with Crippen LogP contribution in [0, 0.1) is 5.82 Å². The molecule has 0 aliphatic carbocycles. The molecule has 6 rings (SSSR count). The zero-order valence-electron chi connectivity index (χ0n) is 20.0. The third-order valence-electron chi connectivity index (χ3n) is 6.97.